The summed E-state index contributed by atoms with van der Waals surface area (Å²) in [6, 6.07) is 13.7. The number of benzene rings is 2. The smallest absolute Gasteiger partial charge is 0.254 e. The lowest BCUT2D eigenvalue weighted by atomic mass is 9.93. The molecule has 2 aromatic rings. The van der Waals surface area contributed by atoms with Crippen LogP contribution in [0.4, 0.5) is 4.39 Å². The molecule has 1 atom stereocenters. The Hall–Kier alpha value is -2.69. The average molecular weight is 397 g/mol. The van der Waals surface area contributed by atoms with Crippen LogP contribution < -0.4 is 0 Å². The summed E-state index contributed by atoms with van der Waals surface area (Å²) in [4.78, 5) is 29.6. The van der Waals surface area contributed by atoms with E-state index >= 15 is 0 Å². The molecule has 29 heavy (non-hydrogen) atoms. The fourth-order valence-corrected chi connectivity index (χ4v) is 3.95. The van der Waals surface area contributed by atoms with Crippen molar-refractivity contribution in [1.82, 2.24) is 9.80 Å². The molecule has 1 aliphatic heterocycles. The molecule has 1 unspecified atom stereocenters. The highest BCUT2D eigenvalue weighted by Gasteiger charge is 2.29. The van der Waals surface area contributed by atoms with Gasteiger partial charge in [0.2, 0.25) is 5.91 Å². The first kappa shape index (κ1) is 21.0. The second-order valence-electron chi connectivity index (χ2n) is 7.65. The van der Waals surface area contributed by atoms with E-state index in [0.29, 0.717) is 18.7 Å². The zero-order valence-electron chi connectivity index (χ0n) is 17.2. The third-order valence-corrected chi connectivity index (χ3v) is 5.65. The van der Waals surface area contributed by atoms with Crippen LogP contribution in [0.1, 0.15) is 60.6 Å². The minimum absolute atomic E-state index is 0.00846. The zero-order chi connectivity index (χ0) is 20.8. The van der Waals surface area contributed by atoms with Gasteiger partial charge in [-0.25, -0.2) is 4.39 Å². The third kappa shape index (κ3) is 5.03. The Morgan fingerprint density at radius 3 is 2.55 bits per heavy atom. The first-order valence-corrected chi connectivity index (χ1v) is 10.4. The van der Waals surface area contributed by atoms with E-state index in [0.717, 1.165) is 25.7 Å². The van der Waals surface area contributed by atoms with Gasteiger partial charge in [-0.2, -0.15) is 0 Å². The number of fused-ring (bicyclic) bond motifs is 1. The van der Waals surface area contributed by atoms with Gasteiger partial charge < -0.3 is 9.80 Å². The monoisotopic (exact) mass is 396 g/mol. The normalized spacial score (nSPS) is 15.7. The third-order valence-electron chi connectivity index (χ3n) is 5.65. The van der Waals surface area contributed by atoms with Crippen LogP contribution in [0.5, 0.6) is 0 Å². The highest BCUT2D eigenvalue weighted by Crippen LogP contribution is 2.29. The Labute approximate surface area is 172 Å². The summed E-state index contributed by atoms with van der Waals surface area (Å²) in [6.07, 6.45) is 3.70. The quantitative estimate of drug-likeness (QED) is 0.642. The number of rotatable bonds is 7. The number of amides is 2. The highest BCUT2D eigenvalue weighted by atomic mass is 19.1. The molecule has 4 nitrogen and oxygen atoms in total. The fourth-order valence-electron chi connectivity index (χ4n) is 3.95. The van der Waals surface area contributed by atoms with Crippen molar-refractivity contribution in [3.8, 4) is 0 Å². The number of hydrogen-bond donors (Lipinski definition) is 0. The standard InChI is InChI=1S/C24H29FN2O2/c1-3-4-7-15-26(24(29)20-10-12-21(25)13-11-20)17-23(28)27-16-14-19-8-5-6-9-22(19)18(27)2/h5-6,8-13,18H,3-4,7,14-17H2,1-2H3. The van der Waals surface area contributed by atoms with Gasteiger partial charge in [-0.3, -0.25) is 9.59 Å². The number of nitrogens with zero attached hydrogens (tertiary/aromatic N) is 2. The lowest BCUT2D eigenvalue weighted by Gasteiger charge is -2.36. The molecule has 0 saturated carbocycles. The summed E-state index contributed by atoms with van der Waals surface area (Å²) in [5.74, 6) is -0.644. The van der Waals surface area contributed by atoms with Crippen LogP contribution in [-0.4, -0.2) is 41.2 Å². The van der Waals surface area contributed by atoms with Crippen LogP contribution in [0.15, 0.2) is 48.5 Å². The Morgan fingerprint density at radius 2 is 1.83 bits per heavy atom. The van der Waals surface area contributed by atoms with Gasteiger partial charge in [0.25, 0.3) is 5.91 Å². The number of hydrogen-bond acceptors (Lipinski definition) is 2. The molecule has 1 aliphatic rings. The van der Waals surface area contributed by atoms with E-state index in [9.17, 15) is 14.0 Å². The van der Waals surface area contributed by atoms with Crippen LogP contribution in [0.25, 0.3) is 0 Å². The molecule has 2 amide bonds. The maximum Gasteiger partial charge on any atom is 0.254 e. The minimum Gasteiger partial charge on any atom is -0.334 e. The highest BCUT2D eigenvalue weighted by molar-refractivity contribution is 5.96. The first-order valence-electron chi connectivity index (χ1n) is 10.4. The van der Waals surface area contributed by atoms with E-state index in [4.69, 9.17) is 0 Å². The lowest BCUT2D eigenvalue weighted by Crippen LogP contribution is -2.46. The van der Waals surface area contributed by atoms with Crippen molar-refractivity contribution >= 4 is 11.8 Å². The van der Waals surface area contributed by atoms with E-state index in [1.165, 1.54) is 35.4 Å². The molecule has 154 valence electrons. The molecule has 0 aliphatic carbocycles. The Morgan fingerprint density at radius 1 is 1.10 bits per heavy atom. The summed E-state index contributed by atoms with van der Waals surface area (Å²) in [5, 5.41) is 0. The van der Waals surface area contributed by atoms with Crippen molar-refractivity contribution in [3.05, 3.63) is 71.0 Å². The second kappa shape index (κ2) is 9.68. The molecule has 0 fully saturated rings. The van der Waals surface area contributed by atoms with Gasteiger partial charge in [-0.1, -0.05) is 44.0 Å². The number of carbonyl (C=O) groups excluding carboxylic acids is 2. The summed E-state index contributed by atoms with van der Waals surface area (Å²) in [7, 11) is 0. The summed E-state index contributed by atoms with van der Waals surface area (Å²) in [6.45, 7) is 5.37. The van der Waals surface area contributed by atoms with Crippen molar-refractivity contribution in [2.45, 2.75) is 45.6 Å². The summed E-state index contributed by atoms with van der Waals surface area (Å²) < 4.78 is 13.2. The molecule has 0 saturated heterocycles. The van der Waals surface area contributed by atoms with E-state index in [2.05, 4.69) is 19.1 Å². The van der Waals surface area contributed by atoms with Gasteiger partial charge >= 0.3 is 0 Å². The summed E-state index contributed by atoms with van der Waals surface area (Å²) >= 11 is 0. The van der Waals surface area contributed by atoms with Crippen molar-refractivity contribution in [3.63, 3.8) is 0 Å². The maximum atomic E-state index is 13.2. The van der Waals surface area contributed by atoms with E-state index in [1.807, 2.05) is 24.0 Å². The van der Waals surface area contributed by atoms with Gasteiger partial charge in [0.15, 0.2) is 0 Å². The van der Waals surface area contributed by atoms with Crippen molar-refractivity contribution in [2.24, 2.45) is 0 Å². The predicted octanol–water partition coefficient (Wildman–Crippen LogP) is 4.60. The number of unbranched alkanes of at least 4 members (excludes halogenated alkanes) is 2. The fraction of sp³-hybridized carbons (Fsp3) is 0.417. The molecule has 0 bridgehead atoms. The van der Waals surface area contributed by atoms with E-state index in [1.54, 1.807) is 4.90 Å². The molecule has 2 aromatic carbocycles. The van der Waals surface area contributed by atoms with Gasteiger partial charge in [-0.15, -0.1) is 0 Å². The van der Waals surface area contributed by atoms with Gasteiger partial charge in [0.05, 0.1) is 6.04 Å². The van der Waals surface area contributed by atoms with E-state index in [-0.39, 0.29) is 30.2 Å². The van der Waals surface area contributed by atoms with Gasteiger partial charge in [-0.05, 0) is 55.2 Å². The minimum atomic E-state index is -0.379. The topological polar surface area (TPSA) is 40.6 Å². The van der Waals surface area contributed by atoms with Gasteiger partial charge in [0, 0.05) is 18.7 Å². The number of carbonyl (C=O) groups is 2. The molecular weight excluding hydrogens is 367 g/mol. The van der Waals surface area contributed by atoms with Crippen LogP contribution in [-0.2, 0) is 11.2 Å². The van der Waals surface area contributed by atoms with Crippen LogP contribution in [0.2, 0.25) is 0 Å². The van der Waals surface area contributed by atoms with Crippen molar-refractivity contribution in [1.29, 1.82) is 0 Å². The molecule has 3 rings (SSSR count). The molecule has 5 heteroatoms. The van der Waals surface area contributed by atoms with E-state index < -0.39 is 0 Å². The maximum absolute atomic E-state index is 13.2. The molecule has 1 heterocycles. The van der Waals surface area contributed by atoms with Crippen LogP contribution in [0.3, 0.4) is 0 Å². The van der Waals surface area contributed by atoms with Crippen molar-refractivity contribution in [2.75, 3.05) is 19.6 Å². The van der Waals surface area contributed by atoms with Crippen LogP contribution >= 0.6 is 0 Å². The second-order valence-corrected chi connectivity index (χ2v) is 7.65. The number of halogens is 1. The zero-order valence-corrected chi connectivity index (χ0v) is 17.2. The molecule has 0 radical (unpaired) electrons. The Balaban J connectivity index is 1.74. The summed E-state index contributed by atoms with van der Waals surface area (Å²) in [5.41, 5.74) is 2.87. The molecule has 0 N–H and O–H groups in total. The Kier molecular flexibility index (Phi) is 7.02. The average Bonchev–Trinajstić information content (AvgIpc) is 2.73. The molecule has 0 spiro atoms. The molecular formula is C24H29FN2O2. The molecule has 0 aromatic heterocycles. The SMILES string of the molecule is CCCCCN(CC(=O)N1CCc2ccccc2C1C)C(=O)c1ccc(F)cc1. The van der Waals surface area contributed by atoms with Gasteiger partial charge in [0.1, 0.15) is 12.4 Å². The van der Waals surface area contributed by atoms with Crippen LogP contribution in [0, 0.1) is 5.82 Å². The predicted molar refractivity (Wildman–Crippen MR) is 112 cm³/mol. The Bertz CT molecular complexity index is 850. The largest absolute Gasteiger partial charge is 0.334 e. The first-order chi connectivity index (χ1) is 14.0. The van der Waals surface area contributed by atoms with Crippen molar-refractivity contribution < 1.29 is 14.0 Å². The lowest BCUT2D eigenvalue weighted by molar-refractivity contribution is -0.134.